The first-order valence-electron chi connectivity index (χ1n) is 13.8. The number of aromatic hydroxyl groups is 1. The van der Waals surface area contributed by atoms with Crippen LogP contribution in [0.1, 0.15) is 77.7 Å². The van der Waals surface area contributed by atoms with Crippen LogP contribution in [0.2, 0.25) is 0 Å². The Morgan fingerprint density at radius 1 is 1.06 bits per heavy atom. The van der Waals surface area contributed by atoms with Gasteiger partial charge in [0.25, 0.3) is 5.91 Å². The number of fused-ring (bicyclic) bond motifs is 5. The van der Waals surface area contributed by atoms with Gasteiger partial charge in [-0.3, -0.25) is 4.79 Å². The van der Waals surface area contributed by atoms with Gasteiger partial charge in [0, 0.05) is 6.54 Å². The summed E-state index contributed by atoms with van der Waals surface area (Å²) in [4.78, 5) is 17.6. The van der Waals surface area contributed by atoms with E-state index in [1.807, 2.05) is 12.1 Å². The summed E-state index contributed by atoms with van der Waals surface area (Å²) in [7, 11) is 0. The smallest absolute Gasteiger partial charge is 0.260 e. The maximum Gasteiger partial charge on any atom is 0.260 e. The topological polar surface area (TPSA) is 91.2 Å². The first-order chi connectivity index (χ1) is 17.1. The lowest BCUT2D eigenvalue weighted by Crippen LogP contribution is -2.53. The average Bonchev–Trinajstić information content (AvgIpc) is 3.09. The second-order valence-corrected chi connectivity index (χ2v) is 12.4. The van der Waals surface area contributed by atoms with E-state index in [4.69, 9.17) is 4.84 Å². The molecule has 0 unspecified atom stereocenters. The van der Waals surface area contributed by atoms with Crippen molar-refractivity contribution >= 4 is 11.6 Å². The van der Waals surface area contributed by atoms with Crippen LogP contribution in [0.4, 0.5) is 0 Å². The number of nitrogens with zero attached hydrogens (tertiary/aromatic N) is 1. The van der Waals surface area contributed by atoms with Gasteiger partial charge in [0.1, 0.15) is 5.75 Å². The molecule has 6 nitrogen and oxygen atoms in total. The number of phenolic OH excluding ortho intramolecular Hbond substituents is 1. The second kappa shape index (κ2) is 9.51. The molecule has 4 aliphatic carbocycles. The summed E-state index contributed by atoms with van der Waals surface area (Å²) in [5.74, 6) is 2.09. The van der Waals surface area contributed by atoms with Crippen molar-refractivity contribution in [1.29, 1.82) is 0 Å². The zero-order valence-corrected chi connectivity index (χ0v) is 22.1. The van der Waals surface area contributed by atoms with Crippen LogP contribution in [0.25, 0.3) is 0 Å². The van der Waals surface area contributed by atoms with Crippen LogP contribution in [0.5, 0.6) is 5.75 Å². The molecule has 1 aromatic rings. The minimum atomic E-state index is -0.527. The highest BCUT2D eigenvalue weighted by atomic mass is 16.6. The molecule has 3 N–H and O–H groups in total. The van der Waals surface area contributed by atoms with Gasteiger partial charge in [0.15, 0.2) is 6.61 Å². The molecule has 1 aromatic carbocycles. The minimum absolute atomic E-state index is 0.0610. The third-order valence-corrected chi connectivity index (χ3v) is 10.6. The monoisotopic (exact) mass is 494 g/mol. The molecule has 0 aliphatic heterocycles. The summed E-state index contributed by atoms with van der Waals surface area (Å²) in [5, 5.41) is 27.7. The van der Waals surface area contributed by atoms with Gasteiger partial charge >= 0.3 is 0 Å². The second-order valence-electron chi connectivity index (χ2n) is 12.4. The largest absolute Gasteiger partial charge is 0.508 e. The number of hydrogen-bond donors (Lipinski definition) is 3. The molecular weight excluding hydrogens is 452 g/mol. The summed E-state index contributed by atoms with van der Waals surface area (Å²) in [6, 6.07) is 7.00. The predicted molar refractivity (Wildman–Crippen MR) is 141 cm³/mol. The van der Waals surface area contributed by atoms with Gasteiger partial charge in [-0.2, -0.15) is 0 Å². The first kappa shape index (κ1) is 25.3. The fraction of sp³-hybridized carbons (Fsp3) is 0.667. The molecule has 0 aromatic heterocycles. The van der Waals surface area contributed by atoms with Gasteiger partial charge in [-0.1, -0.05) is 36.7 Å². The van der Waals surface area contributed by atoms with Gasteiger partial charge in [0.05, 0.1) is 11.3 Å². The number of benzene rings is 1. The molecule has 6 heteroatoms. The van der Waals surface area contributed by atoms with Crippen LogP contribution in [0.15, 0.2) is 41.1 Å². The molecule has 3 fully saturated rings. The van der Waals surface area contributed by atoms with Gasteiger partial charge in [-0.25, -0.2) is 0 Å². The summed E-state index contributed by atoms with van der Waals surface area (Å²) >= 11 is 0. The molecule has 196 valence electrons. The molecule has 3 saturated carbocycles. The van der Waals surface area contributed by atoms with Crippen molar-refractivity contribution in [3.8, 4) is 5.75 Å². The number of carbonyl (C=O) groups is 1. The van der Waals surface area contributed by atoms with Crippen LogP contribution < -0.4 is 5.32 Å². The lowest BCUT2D eigenvalue weighted by molar-refractivity contribution is -0.125. The standard InChI is InChI=1S/C30H42N2O4/c1-28-14-10-22(32-36-19-27(34)31-17-13-20-4-7-23(33)8-5-20)18-21(28)6-9-24-25(28)11-15-29(2)26(24)12-16-30(29,3)35/h4-5,7-8,18,24-26,33,35H,6,9-17,19H2,1-3H3,(H,31,34)/t24-,25-,26-,28-,29+,30-/m0/s1. The number of rotatable bonds is 6. The molecule has 0 saturated heterocycles. The molecular formula is C30H42N2O4. The quantitative estimate of drug-likeness (QED) is 0.478. The fourth-order valence-corrected chi connectivity index (χ4v) is 8.12. The van der Waals surface area contributed by atoms with Crippen molar-refractivity contribution in [3.63, 3.8) is 0 Å². The first-order valence-corrected chi connectivity index (χ1v) is 13.8. The van der Waals surface area contributed by atoms with E-state index >= 15 is 0 Å². The van der Waals surface area contributed by atoms with Crippen molar-refractivity contribution < 1.29 is 19.8 Å². The van der Waals surface area contributed by atoms with E-state index in [2.05, 4.69) is 37.3 Å². The zero-order valence-electron chi connectivity index (χ0n) is 22.1. The van der Waals surface area contributed by atoms with Crippen molar-refractivity contribution in [2.24, 2.45) is 33.7 Å². The van der Waals surface area contributed by atoms with E-state index in [-0.39, 0.29) is 29.1 Å². The van der Waals surface area contributed by atoms with E-state index < -0.39 is 5.60 Å². The maximum atomic E-state index is 12.1. The van der Waals surface area contributed by atoms with Crippen LogP contribution in [0, 0.1) is 28.6 Å². The van der Waals surface area contributed by atoms with Crippen molar-refractivity contribution in [2.75, 3.05) is 13.2 Å². The van der Waals surface area contributed by atoms with Crippen LogP contribution >= 0.6 is 0 Å². The normalized spacial score (nSPS) is 38.5. The number of oxime groups is 1. The number of nitrogens with one attached hydrogen (secondary N) is 1. The Balaban J connectivity index is 1.15. The van der Waals surface area contributed by atoms with E-state index in [1.54, 1.807) is 12.1 Å². The highest BCUT2D eigenvalue weighted by Crippen LogP contribution is 2.67. The Labute approximate surface area is 215 Å². The molecule has 4 aliphatic rings. The van der Waals surface area contributed by atoms with Gasteiger partial charge in [0.2, 0.25) is 0 Å². The Morgan fingerprint density at radius 3 is 2.58 bits per heavy atom. The lowest BCUT2D eigenvalue weighted by Gasteiger charge is -2.59. The Hall–Kier alpha value is -2.34. The van der Waals surface area contributed by atoms with Crippen molar-refractivity contribution in [2.45, 2.75) is 84.2 Å². The number of carbonyl (C=O) groups excluding carboxylic acids is 1. The van der Waals surface area contributed by atoms with Crippen LogP contribution in [0.3, 0.4) is 0 Å². The van der Waals surface area contributed by atoms with Crippen molar-refractivity contribution in [1.82, 2.24) is 5.32 Å². The Kier molecular flexibility index (Phi) is 6.69. The average molecular weight is 495 g/mol. The van der Waals surface area contributed by atoms with Crippen LogP contribution in [-0.2, 0) is 16.1 Å². The summed E-state index contributed by atoms with van der Waals surface area (Å²) in [6.07, 6.45) is 11.7. The predicted octanol–water partition coefficient (Wildman–Crippen LogP) is 5.14. The number of aliphatic hydroxyl groups is 1. The molecule has 6 atom stereocenters. The Bertz CT molecular complexity index is 1050. The van der Waals surface area contributed by atoms with E-state index in [0.29, 0.717) is 30.7 Å². The maximum absolute atomic E-state index is 12.1. The third-order valence-electron chi connectivity index (χ3n) is 10.6. The SMILES string of the molecule is C[C@]12CCC(=NOCC(=O)NCCc3ccc(O)cc3)C=C1CC[C@H]1[C@@H]2CC[C@]2(C)[C@H]1CC[C@]2(C)O. The zero-order chi connectivity index (χ0) is 25.6. The molecule has 36 heavy (non-hydrogen) atoms. The lowest BCUT2D eigenvalue weighted by atomic mass is 9.46. The summed E-state index contributed by atoms with van der Waals surface area (Å²) < 4.78 is 0. The summed E-state index contributed by atoms with van der Waals surface area (Å²) in [5.41, 5.74) is 3.25. The number of phenols is 1. The third kappa shape index (κ3) is 4.46. The van der Waals surface area contributed by atoms with Gasteiger partial charge in [-0.05, 0) is 117 Å². The fourth-order valence-electron chi connectivity index (χ4n) is 8.12. The highest BCUT2D eigenvalue weighted by Gasteiger charge is 2.62. The van der Waals surface area contributed by atoms with E-state index in [9.17, 15) is 15.0 Å². The number of hydrogen-bond acceptors (Lipinski definition) is 5. The number of allylic oxidation sites excluding steroid dienone is 2. The minimum Gasteiger partial charge on any atom is -0.508 e. The van der Waals surface area contributed by atoms with Crippen LogP contribution in [-0.4, -0.2) is 40.6 Å². The van der Waals surface area contributed by atoms with E-state index in [0.717, 1.165) is 49.8 Å². The van der Waals surface area contributed by atoms with Crippen molar-refractivity contribution in [3.05, 3.63) is 41.5 Å². The Morgan fingerprint density at radius 2 is 1.81 bits per heavy atom. The van der Waals surface area contributed by atoms with E-state index in [1.165, 1.54) is 18.4 Å². The molecule has 5 rings (SSSR count). The van der Waals surface area contributed by atoms with Gasteiger partial charge < -0.3 is 20.4 Å². The highest BCUT2D eigenvalue weighted by molar-refractivity contribution is 5.96. The molecule has 0 spiro atoms. The van der Waals surface area contributed by atoms with Gasteiger partial charge in [-0.15, -0.1) is 0 Å². The molecule has 1 amide bonds. The molecule has 0 radical (unpaired) electrons. The summed E-state index contributed by atoms with van der Waals surface area (Å²) in [6.45, 7) is 7.32. The number of amides is 1. The molecule has 0 bridgehead atoms. The molecule has 0 heterocycles.